The Labute approximate surface area is 110 Å². The van der Waals surface area contributed by atoms with Gasteiger partial charge in [0.05, 0.1) is 5.54 Å². The van der Waals surface area contributed by atoms with Crippen LogP contribution in [0.15, 0.2) is 0 Å². The summed E-state index contributed by atoms with van der Waals surface area (Å²) < 4.78 is 0. The summed E-state index contributed by atoms with van der Waals surface area (Å²) in [7, 11) is 2.18. The van der Waals surface area contributed by atoms with E-state index >= 15 is 0 Å². The standard InChI is InChI=1S/C14H27N3O/c1-10(11-5-6-11)17(2)9-7-12-4-3-8-14(12,16)13(15)18/h10-12H,3-9,16H2,1-2H3,(H2,15,18). The molecule has 4 nitrogen and oxygen atoms in total. The fourth-order valence-corrected chi connectivity index (χ4v) is 3.33. The SMILES string of the molecule is CC(C1CC1)N(C)CCC1CCCC1(N)C(N)=O. The van der Waals surface area contributed by atoms with Crippen LogP contribution in [-0.4, -0.2) is 36.0 Å². The maximum absolute atomic E-state index is 11.5. The molecule has 2 saturated carbocycles. The van der Waals surface area contributed by atoms with E-state index in [1.54, 1.807) is 0 Å². The average Bonchev–Trinajstić information content (AvgIpc) is 3.10. The summed E-state index contributed by atoms with van der Waals surface area (Å²) in [6, 6.07) is 0.659. The van der Waals surface area contributed by atoms with Gasteiger partial charge in [-0.2, -0.15) is 0 Å². The molecule has 2 rings (SSSR count). The van der Waals surface area contributed by atoms with Gasteiger partial charge in [0.25, 0.3) is 0 Å². The molecule has 104 valence electrons. The number of nitrogens with two attached hydrogens (primary N) is 2. The van der Waals surface area contributed by atoms with Gasteiger partial charge in [-0.15, -0.1) is 0 Å². The molecule has 0 spiro atoms. The smallest absolute Gasteiger partial charge is 0.237 e. The third-order valence-corrected chi connectivity index (χ3v) is 5.16. The molecule has 3 atom stereocenters. The van der Waals surface area contributed by atoms with Crippen LogP contribution in [0, 0.1) is 11.8 Å². The van der Waals surface area contributed by atoms with Gasteiger partial charge in [-0.25, -0.2) is 0 Å². The van der Waals surface area contributed by atoms with Crippen molar-refractivity contribution >= 4 is 5.91 Å². The summed E-state index contributed by atoms with van der Waals surface area (Å²) in [6.45, 7) is 3.32. The number of carbonyl (C=O) groups excluding carboxylic acids is 1. The van der Waals surface area contributed by atoms with E-state index in [9.17, 15) is 4.79 Å². The molecular weight excluding hydrogens is 226 g/mol. The van der Waals surface area contributed by atoms with Crippen LogP contribution in [0.25, 0.3) is 0 Å². The van der Waals surface area contributed by atoms with Gasteiger partial charge in [-0.05, 0) is 64.5 Å². The van der Waals surface area contributed by atoms with Crippen molar-refractivity contribution < 1.29 is 4.79 Å². The average molecular weight is 253 g/mol. The van der Waals surface area contributed by atoms with E-state index < -0.39 is 5.54 Å². The first-order valence-corrected chi connectivity index (χ1v) is 7.24. The predicted octanol–water partition coefficient (Wildman–Crippen LogP) is 1.09. The Morgan fingerprint density at radius 1 is 1.44 bits per heavy atom. The summed E-state index contributed by atoms with van der Waals surface area (Å²) in [5.74, 6) is 0.837. The molecule has 0 aliphatic heterocycles. The van der Waals surface area contributed by atoms with E-state index in [1.165, 1.54) is 12.8 Å². The van der Waals surface area contributed by atoms with Gasteiger partial charge < -0.3 is 16.4 Å². The molecule has 2 fully saturated rings. The van der Waals surface area contributed by atoms with Crippen LogP contribution in [0.4, 0.5) is 0 Å². The molecule has 0 aromatic carbocycles. The number of rotatable bonds is 6. The Morgan fingerprint density at radius 3 is 2.67 bits per heavy atom. The van der Waals surface area contributed by atoms with Crippen molar-refractivity contribution in [1.29, 1.82) is 0 Å². The number of hydrogen-bond donors (Lipinski definition) is 2. The van der Waals surface area contributed by atoms with Crippen LogP contribution in [0.2, 0.25) is 0 Å². The highest BCUT2D eigenvalue weighted by Gasteiger charge is 2.44. The van der Waals surface area contributed by atoms with Crippen molar-refractivity contribution in [3.63, 3.8) is 0 Å². The fourth-order valence-electron chi connectivity index (χ4n) is 3.33. The third-order valence-electron chi connectivity index (χ3n) is 5.16. The van der Waals surface area contributed by atoms with E-state index in [0.717, 1.165) is 38.1 Å². The quantitative estimate of drug-likeness (QED) is 0.744. The number of hydrogen-bond acceptors (Lipinski definition) is 3. The second kappa shape index (κ2) is 5.17. The van der Waals surface area contributed by atoms with Crippen molar-refractivity contribution in [2.75, 3.05) is 13.6 Å². The zero-order valence-electron chi connectivity index (χ0n) is 11.7. The Hall–Kier alpha value is -0.610. The summed E-state index contributed by atoms with van der Waals surface area (Å²) in [5.41, 5.74) is 10.9. The lowest BCUT2D eigenvalue weighted by atomic mass is 9.85. The maximum Gasteiger partial charge on any atom is 0.237 e. The van der Waals surface area contributed by atoms with E-state index in [2.05, 4.69) is 18.9 Å². The van der Waals surface area contributed by atoms with Crippen molar-refractivity contribution in [1.82, 2.24) is 4.90 Å². The predicted molar refractivity (Wildman–Crippen MR) is 72.9 cm³/mol. The number of nitrogens with zero attached hydrogens (tertiary/aromatic N) is 1. The zero-order valence-corrected chi connectivity index (χ0v) is 11.7. The van der Waals surface area contributed by atoms with Crippen LogP contribution < -0.4 is 11.5 Å². The minimum Gasteiger partial charge on any atom is -0.368 e. The van der Waals surface area contributed by atoms with Crippen LogP contribution in [0.3, 0.4) is 0 Å². The Morgan fingerprint density at radius 2 is 2.11 bits per heavy atom. The molecule has 0 aromatic rings. The van der Waals surface area contributed by atoms with E-state index in [-0.39, 0.29) is 11.8 Å². The fraction of sp³-hybridized carbons (Fsp3) is 0.929. The monoisotopic (exact) mass is 253 g/mol. The highest BCUT2D eigenvalue weighted by Crippen LogP contribution is 2.37. The summed E-state index contributed by atoms with van der Waals surface area (Å²) in [6.07, 6.45) is 6.58. The molecule has 18 heavy (non-hydrogen) atoms. The van der Waals surface area contributed by atoms with Crippen molar-refractivity contribution in [2.24, 2.45) is 23.3 Å². The van der Waals surface area contributed by atoms with Crippen LogP contribution in [0.1, 0.15) is 45.4 Å². The molecule has 2 aliphatic carbocycles. The van der Waals surface area contributed by atoms with Gasteiger partial charge in [0.15, 0.2) is 0 Å². The van der Waals surface area contributed by atoms with Crippen LogP contribution in [0.5, 0.6) is 0 Å². The molecular formula is C14H27N3O. The Balaban J connectivity index is 1.83. The van der Waals surface area contributed by atoms with Gasteiger partial charge in [0, 0.05) is 6.04 Å². The zero-order chi connectivity index (χ0) is 13.3. The number of carbonyl (C=O) groups is 1. The van der Waals surface area contributed by atoms with E-state index in [4.69, 9.17) is 11.5 Å². The summed E-state index contributed by atoms with van der Waals surface area (Å²) in [5, 5.41) is 0. The molecule has 0 saturated heterocycles. The minimum absolute atomic E-state index is 0.267. The second-order valence-electron chi connectivity index (χ2n) is 6.34. The van der Waals surface area contributed by atoms with E-state index in [0.29, 0.717) is 6.04 Å². The molecule has 3 unspecified atom stereocenters. The normalized spacial score (nSPS) is 33.9. The van der Waals surface area contributed by atoms with Gasteiger partial charge >= 0.3 is 0 Å². The molecule has 1 amide bonds. The van der Waals surface area contributed by atoms with Gasteiger partial charge in [0.2, 0.25) is 5.91 Å². The molecule has 0 bridgehead atoms. The van der Waals surface area contributed by atoms with E-state index in [1.807, 2.05) is 0 Å². The van der Waals surface area contributed by atoms with Crippen molar-refractivity contribution in [2.45, 2.75) is 57.0 Å². The summed E-state index contributed by atoms with van der Waals surface area (Å²) in [4.78, 5) is 13.9. The molecule has 4 heteroatoms. The maximum atomic E-state index is 11.5. The molecule has 0 heterocycles. The highest BCUT2D eigenvalue weighted by molar-refractivity contribution is 5.85. The van der Waals surface area contributed by atoms with Crippen molar-refractivity contribution in [3.05, 3.63) is 0 Å². The largest absolute Gasteiger partial charge is 0.368 e. The Kier molecular flexibility index (Phi) is 3.97. The first-order valence-electron chi connectivity index (χ1n) is 7.24. The first-order chi connectivity index (χ1) is 8.45. The Bertz CT molecular complexity index is 316. The third kappa shape index (κ3) is 2.69. The number of amides is 1. The second-order valence-corrected chi connectivity index (χ2v) is 6.34. The molecule has 0 radical (unpaired) electrons. The van der Waals surface area contributed by atoms with Gasteiger partial charge in [0.1, 0.15) is 0 Å². The van der Waals surface area contributed by atoms with Crippen LogP contribution >= 0.6 is 0 Å². The van der Waals surface area contributed by atoms with Gasteiger partial charge in [-0.3, -0.25) is 4.79 Å². The van der Waals surface area contributed by atoms with Crippen LogP contribution in [-0.2, 0) is 4.79 Å². The molecule has 2 aliphatic rings. The molecule has 4 N–H and O–H groups in total. The van der Waals surface area contributed by atoms with Gasteiger partial charge in [-0.1, -0.05) is 6.42 Å². The lowest BCUT2D eigenvalue weighted by Gasteiger charge is -2.31. The van der Waals surface area contributed by atoms with Crippen molar-refractivity contribution in [3.8, 4) is 0 Å². The molecule has 0 aromatic heterocycles. The topological polar surface area (TPSA) is 72.3 Å². The summed E-state index contributed by atoms with van der Waals surface area (Å²) >= 11 is 0. The highest BCUT2D eigenvalue weighted by atomic mass is 16.1. The lowest BCUT2D eigenvalue weighted by molar-refractivity contribution is -0.124. The number of primary amides is 1. The lowest BCUT2D eigenvalue weighted by Crippen LogP contribution is -2.55. The first kappa shape index (κ1) is 13.8. The minimum atomic E-state index is -0.746.